The fraction of sp³-hybridized carbons (Fsp3) is 0.611. The van der Waals surface area contributed by atoms with Gasteiger partial charge in [-0.25, -0.2) is 8.42 Å². The Morgan fingerprint density at radius 1 is 1.22 bits per heavy atom. The summed E-state index contributed by atoms with van der Waals surface area (Å²) < 4.78 is 31.8. The molecule has 7 nitrogen and oxygen atoms in total. The van der Waals surface area contributed by atoms with Crippen molar-refractivity contribution < 1.29 is 17.9 Å². The summed E-state index contributed by atoms with van der Waals surface area (Å²) in [5.74, 6) is -0.0946. The Labute approximate surface area is 168 Å². The number of carbonyl (C=O) groups is 1. The van der Waals surface area contributed by atoms with Crippen molar-refractivity contribution in [3.8, 4) is 0 Å². The van der Waals surface area contributed by atoms with Crippen LogP contribution in [-0.4, -0.2) is 57.5 Å². The third-order valence-electron chi connectivity index (χ3n) is 4.44. The molecule has 1 heterocycles. The van der Waals surface area contributed by atoms with Crippen molar-refractivity contribution in [3.63, 3.8) is 0 Å². The van der Waals surface area contributed by atoms with Gasteiger partial charge in [-0.05, 0) is 30.5 Å². The molecule has 1 saturated heterocycles. The lowest BCUT2D eigenvalue weighted by molar-refractivity contribution is -0.120. The van der Waals surface area contributed by atoms with E-state index in [9.17, 15) is 13.2 Å². The van der Waals surface area contributed by atoms with Gasteiger partial charge in [-0.3, -0.25) is 4.79 Å². The summed E-state index contributed by atoms with van der Waals surface area (Å²) in [7, 11) is -3.45. The normalized spacial score (nSPS) is 16.9. The van der Waals surface area contributed by atoms with E-state index in [1.165, 1.54) is 4.31 Å². The molecule has 0 bridgehead atoms. The molecule has 1 unspecified atom stereocenters. The van der Waals surface area contributed by atoms with Crippen LogP contribution in [0.4, 0.5) is 0 Å². The molecule has 1 aromatic rings. The lowest BCUT2D eigenvalue weighted by atomic mass is 10.2. The van der Waals surface area contributed by atoms with Crippen LogP contribution in [0, 0.1) is 0 Å². The zero-order valence-electron chi connectivity index (χ0n) is 15.9. The smallest absolute Gasteiger partial charge is 0.243 e. The molecule has 2 rings (SSSR count). The number of sulfonamides is 1. The van der Waals surface area contributed by atoms with Crippen LogP contribution in [0.1, 0.15) is 32.3 Å². The van der Waals surface area contributed by atoms with Gasteiger partial charge >= 0.3 is 0 Å². The van der Waals surface area contributed by atoms with Gasteiger partial charge in [-0.1, -0.05) is 26.0 Å². The summed E-state index contributed by atoms with van der Waals surface area (Å²) in [6.45, 7) is 6.62. The van der Waals surface area contributed by atoms with Crippen LogP contribution >= 0.6 is 12.4 Å². The monoisotopic (exact) mass is 419 g/mol. The fourth-order valence-electron chi connectivity index (χ4n) is 2.91. The summed E-state index contributed by atoms with van der Waals surface area (Å²) in [5, 5.41) is 5.92. The van der Waals surface area contributed by atoms with E-state index in [0.717, 1.165) is 25.0 Å². The Morgan fingerprint density at radius 3 is 2.44 bits per heavy atom. The minimum Gasteiger partial charge on any atom is -0.377 e. The Bertz CT molecular complexity index is 672. The topological polar surface area (TPSA) is 87.7 Å². The molecule has 1 aliphatic rings. The van der Waals surface area contributed by atoms with Crippen molar-refractivity contribution in [3.05, 3.63) is 29.8 Å². The minimum absolute atomic E-state index is 0. The minimum atomic E-state index is -3.45. The molecule has 154 valence electrons. The number of amides is 1. The Morgan fingerprint density at radius 2 is 1.89 bits per heavy atom. The number of rotatable bonds is 10. The summed E-state index contributed by atoms with van der Waals surface area (Å²) in [5.41, 5.74) is 0.857. The standard InChI is InChI=1S/C18H29N3O4S.ClH/c1-3-21(4-2)26(23,24)17-9-7-15(8-10-17)12-20-18(22)14-19-13-16-6-5-11-25-16;/h7-10,16,19H,3-6,11-14H2,1-2H3,(H,20,22);1H. The van der Waals surface area contributed by atoms with Crippen molar-refractivity contribution in [2.45, 2.75) is 44.2 Å². The molecule has 0 spiro atoms. The van der Waals surface area contributed by atoms with Gasteiger partial charge in [0.05, 0.1) is 17.5 Å². The van der Waals surface area contributed by atoms with E-state index in [1.807, 2.05) is 13.8 Å². The number of carbonyl (C=O) groups excluding carboxylic acids is 1. The maximum atomic E-state index is 12.4. The number of hydrogen-bond acceptors (Lipinski definition) is 5. The molecule has 27 heavy (non-hydrogen) atoms. The second-order valence-electron chi connectivity index (χ2n) is 6.28. The SMILES string of the molecule is CCN(CC)S(=O)(=O)c1ccc(CNC(=O)CNCC2CCCO2)cc1.Cl. The van der Waals surface area contributed by atoms with Gasteiger partial charge in [-0.2, -0.15) is 4.31 Å². The highest BCUT2D eigenvalue weighted by molar-refractivity contribution is 7.89. The maximum Gasteiger partial charge on any atom is 0.243 e. The van der Waals surface area contributed by atoms with Crippen molar-refractivity contribution in [2.75, 3.05) is 32.8 Å². The predicted octanol–water partition coefficient (Wildman–Crippen LogP) is 1.52. The van der Waals surface area contributed by atoms with E-state index in [2.05, 4.69) is 10.6 Å². The predicted molar refractivity (Wildman–Crippen MR) is 107 cm³/mol. The molecule has 1 amide bonds. The Hall–Kier alpha value is -1.19. The lowest BCUT2D eigenvalue weighted by Crippen LogP contribution is -2.36. The van der Waals surface area contributed by atoms with Crippen molar-refractivity contribution >= 4 is 28.3 Å². The average molecular weight is 420 g/mol. The first-order valence-electron chi connectivity index (χ1n) is 9.15. The summed E-state index contributed by atoms with van der Waals surface area (Å²) in [6, 6.07) is 6.64. The average Bonchev–Trinajstić information content (AvgIpc) is 3.14. The number of benzene rings is 1. The van der Waals surface area contributed by atoms with Gasteiger partial charge in [0.1, 0.15) is 0 Å². The van der Waals surface area contributed by atoms with Gasteiger partial charge in [0, 0.05) is 32.8 Å². The molecule has 1 fully saturated rings. The molecule has 0 saturated carbocycles. The van der Waals surface area contributed by atoms with E-state index < -0.39 is 10.0 Å². The highest BCUT2D eigenvalue weighted by atomic mass is 35.5. The third-order valence-corrected chi connectivity index (χ3v) is 6.50. The lowest BCUT2D eigenvalue weighted by Gasteiger charge is -2.18. The highest BCUT2D eigenvalue weighted by Crippen LogP contribution is 2.16. The number of ether oxygens (including phenoxy) is 1. The van der Waals surface area contributed by atoms with Crippen LogP contribution in [0.2, 0.25) is 0 Å². The van der Waals surface area contributed by atoms with E-state index in [1.54, 1.807) is 24.3 Å². The number of halogens is 1. The Kier molecular flexibility index (Phi) is 10.3. The van der Waals surface area contributed by atoms with Gasteiger partial charge in [0.2, 0.25) is 15.9 Å². The molecular weight excluding hydrogens is 390 g/mol. The zero-order chi connectivity index (χ0) is 19.0. The summed E-state index contributed by atoms with van der Waals surface area (Å²) in [4.78, 5) is 12.1. The van der Waals surface area contributed by atoms with Crippen molar-refractivity contribution in [2.24, 2.45) is 0 Å². The van der Waals surface area contributed by atoms with Crippen LogP contribution in [0.25, 0.3) is 0 Å². The molecule has 0 aliphatic carbocycles. The maximum absolute atomic E-state index is 12.4. The largest absolute Gasteiger partial charge is 0.377 e. The fourth-order valence-corrected chi connectivity index (χ4v) is 4.37. The number of nitrogens with zero attached hydrogens (tertiary/aromatic N) is 1. The highest BCUT2D eigenvalue weighted by Gasteiger charge is 2.21. The van der Waals surface area contributed by atoms with Gasteiger partial charge in [0.15, 0.2) is 0 Å². The molecule has 1 aromatic carbocycles. The first-order valence-corrected chi connectivity index (χ1v) is 10.6. The van der Waals surface area contributed by atoms with Gasteiger partial charge < -0.3 is 15.4 Å². The third kappa shape index (κ3) is 7.04. The van der Waals surface area contributed by atoms with Crippen LogP contribution in [-0.2, 0) is 26.1 Å². The zero-order valence-corrected chi connectivity index (χ0v) is 17.6. The van der Waals surface area contributed by atoms with Crippen LogP contribution in [0.5, 0.6) is 0 Å². The number of nitrogens with one attached hydrogen (secondary N) is 2. The van der Waals surface area contributed by atoms with E-state index >= 15 is 0 Å². The van der Waals surface area contributed by atoms with Crippen LogP contribution < -0.4 is 10.6 Å². The first kappa shape index (κ1) is 23.8. The molecule has 0 aromatic heterocycles. The summed E-state index contributed by atoms with van der Waals surface area (Å²) >= 11 is 0. The molecular formula is C18H30ClN3O4S. The van der Waals surface area contributed by atoms with E-state index in [4.69, 9.17) is 4.74 Å². The molecule has 1 atom stereocenters. The second-order valence-corrected chi connectivity index (χ2v) is 8.21. The first-order chi connectivity index (χ1) is 12.5. The molecule has 2 N–H and O–H groups in total. The van der Waals surface area contributed by atoms with Crippen LogP contribution in [0.3, 0.4) is 0 Å². The van der Waals surface area contributed by atoms with Crippen molar-refractivity contribution in [1.29, 1.82) is 0 Å². The molecule has 1 aliphatic heterocycles. The second kappa shape index (κ2) is 11.6. The summed E-state index contributed by atoms with van der Waals surface area (Å²) in [6.07, 6.45) is 2.33. The van der Waals surface area contributed by atoms with Gasteiger partial charge in [0.25, 0.3) is 0 Å². The van der Waals surface area contributed by atoms with Gasteiger partial charge in [-0.15, -0.1) is 12.4 Å². The van der Waals surface area contributed by atoms with Crippen molar-refractivity contribution in [1.82, 2.24) is 14.9 Å². The van der Waals surface area contributed by atoms with E-state index in [-0.39, 0.29) is 35.9 Å². The molecule has 9 heteroatoms. The Balaban J connectivity index is 0.00000364. The number of hydrogen-bond donors (Lipinski definition) is 2. The van der Waals surface area contributed by atoms with Crippen LogP contribution in [0.15, 0.2) is 29.2 Å². The quantitative estimate of drug-likeness (QED) is 0.600. The van der Waals surface area contributed by atoms with E-state index in [0.29, 0.717) is 26.2 Å². The molecule has 0 radical (unpaired) electrons.